The van der Waals surface area contributed by atoms with E-state index < -0.39 is 0 Å². The Morgan fingerprint density at radius 2 is 2.24 bits per heavy atom. The molecule has 4 nitrogen and oxygen atoms in total. The second-order valence-electron chi connectivity index (χ2n) is 5.33. The van der Waals surface area contributed by atoms with Crippen LogP contribution in [0.15, 0.2) is 0 Å². The Kier molecular flexibility index (Phi) is 4.40. The van der Waals surface area contributed by atoms with Crippen molar-refractivity contribution in [2.45, 2.75) is 45.3 Å². The normalized spacial score (nSPS) is 29.4. The lowest BCUT2D eigenvalue weighted by atomic mass is 10.1. The molecule has 1 amide bonds. The van der Waals surface area contributed by atoms with Gasteiger partial charge in [-0.1, -0.05) is 6.92 Å². The Morgan fingerprint density at radius 3 is 2.88 bits per heavy atom. The molecule has 17 heavy (non-hydrogen) atoms. The molecule has 2 fully saturated rings. The Morgan fingerprint density at radius 1 is 1.47 bits per heavy atom. The van der Waals surface area contributed by atoms with Crippen LogP contribution in [0.5, 0.6) is 0 Å². The molecule has 0 aromatic rings. The number of rotatable bonds is 5. The van der Waals surface area contributed by atoms with Crippen LogP contribution in [0.2, 0.25) is 0 Å². The molecule has 2 unspecified atom stereocenters. The molecule has 1 aliphatic heterocycles. The molecule has 2 rings (SSSR count). The van der Waals surface area contributed by atoms with E-state index in [0.717, 1.165) is 25.4 Å². The minimum atomic E-state index is 0.171. The van der Waals surface area contributed by atoms with E-state index in [1.807, 2.05) is 11.8 Å². The molecule has 0 spiro atoms. The average Bonchev–Trinajstić information content (AvgIpc) is 3.13. The zero-order valence-electron chi connectivity index (χ0n) is 10.9. The summed E-state index contributed by atoms with van der Waals surface area (Å²) in [6, 6.07) is 0.265. The first kappa shape index (κ1) is 12.8. The molecule has 1 aliphatic carbocycles. The van der Waals surface area contributed by atoms with Gasteiger partial charge in [0.2, 0.25) is 5.91 Å². The zero-order chi connectivity index (χ0) is 12.3. The summed E-state index contributed by atoms with van der Waals surface area (Å²) in [6.45, 7) is 7.06. The highest BCUT2D eigenvalue weighted by molar-refractivity contribution is 5.78. The second kappa shape index (κ2) is 5.83. The largest absolute Gasteiger partial charge is 0.375 e. The van der Waals surface area contributed by atoms with E-state index in [9.17, 15) is 4.79 Å². The molecule has 1 saturated heterocycles. The Labute approximate surface area is 104 Å². The van der Waals surface area contributed by atoms with Crippen molar-refractivity contribution in [3.63, 3.8) is 0 Å². The number of ether oxygens (including phenoxy) is 1. The van der Waals surface area contributed by atoms with Gasteiger partial charge in [0.15, 0.2) is 0 Å². The van der Waals surface area contributed by atoms with Crippen LogP contribution >= 0.6 is 0 Å². The maximum absolute atomic E-state index is 12.1. The maximum atomic E-state index is 12.1. The minimum Gasteiger partial charge on any atom is -0.375 e. The number of carbonyl (C=O) groups excluding carboxylic acids is 1. The summed E-state index contributed by atoms with van der Waals surface area (Å²) < 4.78 is 5.60. The lowest BCUT2D eigenvalue weighted by Gasteiger charge is -2.38. The van der Waals surface area contributed by atoms with Crippen molar-refractivity contribution in [2.75, 3.05) is 26.2 Å². The first-order chi connectivity index (χ1) is 8.20. The molecule has 2 atom stereocenters. The number of amides is 1. The van der Waals surface area contributed by atoms with Gasteiger partial charge in [-0.25, -0.2) is 0 Å². The summed E-state index contributed by atoms with van der Waals surface area (Å²) >= 11 is 0. The van der Waals surface area contributed by atoms with Crippen LogP contribution in [0.4, 0.5) is 0 Å². The number of hydrogen-bond donors (Lipinski definition) is 1. The SMILES string of the molecule is CCC1COC(C)CN1C(=O)CNCC1CC1. The second-order valence-corrected chi connectivity index (χ2v) is 5.33. The molecular weight excluding hydrogens is 216 g/mol. The number of nitrogens with one attached hydrogen (secondary N) is 1. The third kappa shape index (κ3) is 3.68. The average molecular weight is 240 g/mol. The van der Waals surface area contributed by atoms with Crippen LogP contribution in [0.3, 0.4) is 0 Å². The number of morpholine rings is 1. The minimum absolute atomic E-state index is 0.171. The fourth-order valence-corrected chi connectivity index (χ4v) is 2.29. The van der Waals surface area contributed by atoms with Crippen LogP contribution < -0.4 is 5.32 Å². The molecule has 98 valence electrons. The van der Waals surface area contributed by atoms with Gasteiger partial charge < -0.3 is 15.0 Å². The quantitative estimate of drug-likeness (QED) is 0.780. The standard InChI is InChI=1S/C13H24N2O2/c1-3-12-9-17-10(2)8-15(12)13(16)7-14-6-11-4-5-11/h10-12,14H,3-9H2,1-2H3. The molecule has 0 aromatic heterocycles. The molecule has 0 bridgehead atoms. The Hall–Kier alpha value is -0.610. The first-order valence-corrected chi connectivity index (χ1v) is 6.82. The smallest absolute Gasteiger partial charge is 0.236 e. The van der Waals surface area contributed by atoms with Gasteiger partial charge in [-0.05, 0) is 38.6 Å². The summed E-state index contributed by atoms with van der Waals surface area (Å²) in [5.74, 6) is 1.06. The Bertz CT molecular complexity index is 266. The first-order valence-electron chi connectivity index (χ1n) is 6.82. The number of nitrogens with zero attached hydrogens (tertiary/aromatic N) is 1. The van der Waals surface area contributed by atoms with Gasteiger partial charge >= 0.3 is 0 Å². The predicted molar refractivity (Wildman–Crippen MR) is 66.8 cm³/mol. The Balaban J connectivity index is 1.77. The highest BCUT2D eigenvalue weighted by Gasteiger charge is 2.29. The molecular formula is C13H24N2O2. The van der Waals surface area contributed by atoms with E-state index in [2.05, 4.69) is 12.2 Å². The highest BCUT2D eigenvalue weighted by Crippen LogP contribution is 2.27. The summed E-state index contributed by atoms with van der Waals surface area (Å²) in [6.07, 6.45) is 3.80. The van der Waals surface area contributed by atoms with Crippen molar-refractivity contribution in [3.05, 3.63) is 0 Å². The zero-order valence-corrected chi connectivity index (χ0v) is 10.9. The van der Waals surface area contributed by atoms with Crippen LogP contribution in [-0.2, 0) is 9.53 Å². The van der Waals surface area contributed by atoms with E-state index in [0.29, 0.717) is 13.2 Å². The van der Waals surface area contributed by atoms with Gasteiger partial charge in [0.25, 0.3) is 0 Å². The number of carbonyl (C=O) groups is 1. The summed E-state index contributed by atoms with van der Waals surface area (Å²) in [4.78, 5) is 14.1. The summed E-state index contributed by atoms with van der Waals surface area (Å²) in [5.41, 5.74) is 0. The molecule has 1 heterocycles. The van der Waals surface area contributed by atoms with Crippen molar-refractivity contribution in [3.8, 4) is 0 Å². The summed E-state index contributed by atoms with van der Waals surface area (Å²) in [5, 5.41) is 3.27. The van der Waals surface area contributed by atoms with Gasteiger partial charge in [-0.2, -0.15) is 0 Å². The van der Waals surface area contributed by atoms with E-state index in [1.165, 1.54) is 12.8 Å². The fourth-order valence-electron chi connectivity index (χ4n) is 2.29. The van der Waals surface area contributed by atoms with Crippen LogP contribution in [0.1, 0.15) is 33.1 Å². The van der Waals surface area contributed by atoms with Crippen molar-refractivity contribution in [2.24, 2.45) is 5.92 Å². The lowest BCUT2D eigenvalue weighted by molar-refractivity contribution is -0.143. The summed E-state index contributed by atoms with van der Waals surface area (Å²) in [7, 11) is 0. The van der Waals surface area contributed by atoms with Crippen molar-refractivity contribution in [1.29, 1.82) is 0 Å². The van der Waals surface area contributed by atoms with E-state index in [-0.39, 0.29) is 18.1 Å². The lowest BCUT2D eigenvalue weighted by Crippen LogP contribution is -2.53. The van der Waals surface area contributed by atoms with Gasteiger partial charge in [0.1, 0.15) is 0 Å². The van der Waals surface area contributed by atoms with Crippen LogP contribution in [0, 0.1) is 5.92 Å². The predicted octanol–water partition coefficient (Wildman–Crippen LogP) is 1.01. The third-order valence-corrected chi connectivity index (χ3v) is 3.67. The van der Waals surface area contributed by atoms with E-state index in [4.69, 9.17) is 4.74 Å². The van der Waals surface area contributed by atoms with E-state index >= 15 is 0 Å². The molecule has 0 radical (unpaired) electrons. The van der Waals surface area contributed by atoms with Crippen molar-refractivity contribution in [1.82, 2.24) is 10.2 Å². The molecule has 1 saturated carbocycles. The molecule has 1 N–H and O–H groups in total. The van der Waals surface area contributed by atoms with E-state index in [1.54, 1.807) is 0 Å². The van der Waals surface area contributed by atoms with Gasteiger partial charge in [0, 0.05) is 6.54 Å². The van der Waals surface area contributed by atoms with Gasteiger partial charge in [0.05, 0.1) is 25.3 Å². The topological polar surface area (TPSA) is 41.6 Å². The fraction of sp³-hybridized carbons (Fsp3) is 0.923. The highest BCUT2D eigenvalue weighted by atomic mass is 16.5. The number of hydrogen-bond acceptors (Lipinski definition) is 3. The van der Waals surface area contributed by atoms with Gasteiger partial charge in [-0.15, -0.1) is 0 Å². The van der Waals surface area contributed by atoms with Crippen molar-refractivity contribution < 1.29 is 9.53 Å². The monoisotopic (exact) mass is 240 g/mol. The third-order valence-electron chi connectivity index (χ3n) is 3.67. The maximum Gasteiger partial charge on any atom is 0.236 e. The van der Waals surface area contributed by atoms with Crippen LogP contribution in [0.25, 0.3) is 0 Å². The molecule has 2 aliphatic rings. The molecule has 0 aromatic carbocycles. The van der Waals surface area contributed by atoms with Gasteiger partial charge in [-0.3, -0.25) is 4.79 Å². The molecule has 4 heteroatoms. The van der Waals surface area contributed by atoms with Crippen molar-refractivity contribution >= 4 is 5.91 Å². The van der Waals surface area contributed by atoms with Crippen LogP contribution in [-0.4, -0.2) is 49.2 Å².